The van der Waals surface area contributed by atoms with Gasteiger partial charge in [-0.1, -0.05) is 0 Å². The lowest BCUT2D eigenvalue weighted by Gasteiger charge is -1.90. The summed E-state index contributed by atoms with van der Waals surface area (Å²) in [6, 6.07) is 0. The number of nitrogens with zero attached hydrogens (tertiary/aromatic N) is 1. The molecular weight excluding hydrogens is 92.1 g/mol. The highest BCUT2D eigenvalue weighted by molar-refractivity contribution is 5.80. The highest BCUT2D eigenvalue weighted by Gasteiger charge is 1.83. The van der Waals surface area contributed by atoms with Gasteiger partial charge in [-0.15, -0.1) is 0 Å². The summed E-state index contributed by atoms with van der Waals surface area (Å²) in [5, 5.41) is 8.21. The molecule has 3 nitrogen and oxygen atoms in total. The Hall–Kier alpha value is -0.570. The Bertz CT molecular complexity index is 70.1. The van der Waals surface area contributed by atoms with E-state index in [9.17, 15) is 0 Å². The Morgan fingerprint density at radius 2 is 2.43 bits per heavy atom. The molecule has 0 aliphatic rings. The zero-order chi connectivity index (χ0) is 5.70. The van der Waals surface area contributed by atoms with Crippen LogP contribution in [0.5, 0.6) is 0 Å². The van der Waals surface area contributed by atoms with Crippen molar-refractivity contribution in [3.05, 3.63) is 0 Å². The average Bonchev–Trinajstić information content (AvgIpc) is 1.68. The normalized spacial score (nSPS) is 12.0. The van der Waals surface area contributed by atoms with Crippen LogP contribution in [0.2, 0.25) is 0 Å². The highest BCUT2D eigenvalue weighted by atomic mass is 16.3. The van der Waals surface area contributed by atoms with E-state index in [1.807, 2.05) is 0 Å². The fraction of sp³-hybridized carbons (Fsp3) is 0.750. The van der Waals surface area contributed by atoms with Gasteiger partial charge in [0.2, 0.25) is 0 Å². The maximum atomic E-state index is 8.21. The summed E-state index contributed by atoms with van der Waals surface area (Å²) in [5.74, 6) is 0.502. The van der Waals surface area contributed by atoms with Gasteiger partial charge in [-0.05, 0) is 0 Å². The van der Waals surface area contributed by atoms with Crippen LogP contribution < -0.4 is 5.73 Å². The second kappa shape index (κ2) is 3.61. The van der Waals surface area contributed by atoms with E-state index < -0.39 is 0 Å². The largest absolute Gasteiger partial charge is 0.396 e. The van der Waals surface area contributed by atoms with E-state index in [1.165, 1.54) is 0 Å². The molecule has 0 rings (SSSR count). The minimum Gasteiger partial charge on any atom is -0.396 e. The zero-order valence-corrected chi connectivity index (χ0v) is 4.39. The van der Waals surface area contributed by atoms with Crippen LogP contribution in [0.15, 0.2) is 4.99 Å². The van der Waals surface area contributed by atoms with Gasteiger partial charge < -0.3 is 10.8 Å². The van der Waals surface area contributed by atoms with E-state index in [2.05, 4.69) is 4.99 Å². The van der Waals surface area contributed by atoms with Gasteiger partial charge in [0.1, 0.15) is 0 Å². The van der Waals surface area contributed by atoms with Crippen molar-refractivity contribution in [2.24, 2.45) is 10.7 Å². The fourth-order valence-corrected chi connectivity index (χ4v) is 0.226. The third-order valence-electron chi connectivity index (χ3n) is 0.655. The first-order valence-corrected chi connectivity index (χ1v) is 2.13. The summed E-state index contributed by atoms with van der Waals surface area (Å²) in [4.78, 5) is 3.61. The Labute approximate surface area is 42.9 Å². The molecule has 0 heterocycles. The van der Waals surface area contributed by atoms with Crippen LogP contribution in [0.1, 0.15) is 6.42 Å². The van der Waals surface area contributed by atoms with E-state index >= 15 is 0 Å². The Morgan fingerprint density at radius 3 is 2.57 bits per heavy atom. The molecule has 0 radical (unpaired) electrons. The third-order valence-corrected chi connectivity index (χ3v) is 0.655. The monoisotopic (exact) mass is 102 g/mol. The van der Waals surface area contributed by atoms with Crippen molar-refractivity contribution in [2.75, 3.05) is 13.7 Å². The molecule has 0 aromatic carbocycles. The highest BCUT2D eigenvalue weighted by Crippen LogP contribution is 1.72. The lowest BCUT2D eigenvalue weighted by Crippen LogP contribution is -2.12. The van der Waals surface area contributed by atoms with Crippen LogP contribution in [0.4, 0.5) is 0 Å². The first-order valence-electron chi connectivity index (χ1n) is 2.13. The number of nitrogens with two attached hydrogens (primary N) is 1. The molecule has 0 bridgehead atoms. The molecule has 3 N–H and O–H groups in total. The number of hydrogen-bond donors (Lipinski definition) is 2. The van der Waals surface area contributed by atoms with Crippen molar-refractivity contribution in [1.29, 1.82) is 0 Å². The molecule has 7 heavy (non-hydrogen) atoms. The summed E-state index contributed by atoms with van der Waals surface area (Å²) in [7, 11) is 1.60. The van der Waals surface area contributed by atoms with Gasteiger partial charge in [-0.2, -0.15) is 0 Å². The maximum absolute atomic E-state index is 8.21. The van der Waals surface area contributed by atoms with Crippen LogP contribution in [0, 0.1) is 0 Å². The van der Waals surface area contributed by atoms with Crippen molar-refractivity contribution in [3.63, 3.8) is 0 Å². The lowest BCUT2D eigenvalue weighted by atomic mass is 10.4. The van der Waals surface area contributed by atoms with E-state index in [-0.39, 0.29) is 6.61 Å². The predicted octanol–water partition coefficient (Wildman–Crippen LogP) is -0.644. The van der Waals surface area contributed by atoms with Gasteiger partial charge in [0.05, 0.1) is 12.4 Å². The summed E-state index contributed by atoms with van der Waals surface area (Å²) < 4.78 is 0. The third kappa shape index (κ3) is 3.26. The molecule has 42 valence electrons. The summed E-state index contributed by atoms with van der Waals surface area (Å²) in [6.45, 7) is 0.0865. The van der Waals surface area contributed by atoms with E-state index in [0.29, 0.717) is 12.3 Å². The van der Waals surface area contributed by atoms with Gasteiger partial charge in [0.25, 0.3) is 0 Å². The second-order valence-corrected chi connectivity index (χ2v) is 1.19. The van der Waals surface area contributed by atoms with Crippen LogP contribution in [0.3, 0.4) is 0 Å². The molecule has 0 atom stereocenters. The zero-order valence-electron chi connectivity index (χ0n) is 4.39. The van der Waals surface area contributed by atoms with Gasteiger partial charge in [-0.25, -0.2) is 0 Å². The van der Waals surface area contributed by atoms with E-state index in [4.69, 9.17) is 10.8 Å². The SMILES string of the molecule is CN=C(N)CCO. The van der Waals surface area contributed by atoms with E-state index in [1.54, 1.807) is 7.05 Å². The molecule has 0 fully saturated rings. The lowest BCUT2D eigenvalue weighted by molar-refractivity contribution is 0.306. The molecular formula is C4H10N2O. The molecule has 0 saturated heterocycles. The fourth-order valence-electron chi connectivity index (χ4n) is 0.226. The van der Waals surface area contributed by atoms with Crippen LogP contribution in [-0.4, -0.2) is 24.6 Å². The van der Waals surface area contributed by atoms with Gasteiger partial charge in [0, 0.05) is 13.5 Å². The Morgan fingerprint density at radius 1 is 1.86 bits per heavy atom. The molecule has 0 aromatic heterocycles. The molecule has 0 aliphatic carbocycles. The van der Waals surface area contributed by atoms with Crippen molar-refractivity contribution < 1.29 is 5.11 Å². The van der Waals surface area contributed by atoms with Crippen LogP contribution in [0.25, 0.3) is 0 Å². The van der Waals surface area contributed by atoms with E-state index in [0.717, 1.165) is 0 Å². The first-order chi connectivity index (χ1) is 3.31. The number of rotatable bonds is 2. The Kier molecular flexibility index (Phi) is 3.32. The molecule has 3 heteroatoms. The van der Waals surface area contributed by atoms with Crippen molar-refractivity contribution in [3.8, 4) is 0 Å². The molecule has 0 aromatic rings. The van der Waals surface area contributed by atoms with Crippen LogP contribution in [-0.2, 0) is 0 Å². The Balaban J connectivity index is 3.17. The van der Waals surface area contributed by atoms with Gasteiger partial charge in [0.15, 0.2) is 0 Å². The maximum Gasteiger partial charge on any atom is 0.0956 e. The summed E-state index contributed by atoms with van der Waals surface area (Å²) in [6.07, 6.45) is 0.483. The van der Waals surface area contributed by atoms with Gasteiger partial charge in [-0.3, -0.25) is 4.99 Å². The molecule has 0 spiro atoms. The number of hydrogen-bond acceptors (Lipinski definition) is 2. The smallest absolute Gasteiger partial charge is 0.0956 e. The number of amidine groups is 1. The minimum absolute atomic E-state index is 0.0865. The summed E-state index contributed by atoms with van der Waals surface area (Å²) >= 11 is 0. The van der Waals surface area contributed by atoms with Crippen molar-refractivity contribution in [1.82, 2.24) is 0 Å². The summed E-state index contributed by atoms with van der Waals surface area (Å²) in [5.41, 5.74) is 5.17. The molecule has 0 saturated carbocycles. The quantitative estimate of drug-likeness (QED) is 0.360. The predicted molar refractivity (Wildman–Crippen MR) is 29.2 cm³/mol. The first kappa shape index (κ1) is 6.43. The minimum atomic E-state index is 0.0865. The number of aliphatic hydroxyl groups excluding tert-OH is 1. The van der Waals surface area contributed by atoms with Crippen molar-refractivity contribution in [2.45, 2.75) is 6.42 Å². The second-order valence-electron chi connectivity index (χ2n) is 1.19. The standard InChI is InChI=1S/C4H10N2O/c1-6-4(5)2-3-7/h7H,2-3H2,1H3,(H2,5,6). The average molecular weight is 102 g/mol. The van der Waals surface area contributed by atoms with Gasteiger partial charge >= 0.3 is 0 Å². The number of aliphatic hydroxyl groups is 1. The topological polar surface area (TPSA) is 58.6 Å². The molecule has 0 aliphatic heterocycles. The van der Waals surface area contributed by atoms with Crippen molar-refractivity contribution >= 4 is 5.84 Å². The molecule has 0 unspecified atom stereocenters. The van der Waals surface area contributed by atoms with Crippen LogP contribution >= 0.6 is 0 Å². The number of aliphatic imine (C=N–C) groups is 1. The molecule has 0 amide bonds.